The van der Waals surface area contributed by atoms with E-state index in [9.17, 15) is 0 Å². The Hall–Kier alpha value is -0.820. The third-order valence-electron chi connectivity index (χ3n) is 6.00. The second kappa shape index (κ2) is 12.5. The van der Waals surface area contributed by atoms with Gasteiger partial charge in [-0.25, -0.2) is 0 Å². The minimum Gasteiger partial charge on any atom is -0.323 e. The number of hydrogen-bond acceptors (Lipinski definition) is 1. The molecule has 1 atom stereocenters. The van der Waals surface area contributed by atoms with Gasteiger partial charge in [-0.1, -0.05) is 109 Å². The van der Waals surface area contributed by atoms with E-state index in [0.29, 0.717) is 0 Å². The first-order chi connectivity index (χ1) is 11.7. The fourth-order valence-corrected chi connectivity index (χ4v) is 4.00. The van der Waals surface area contributed by atoms with Gasteiger partial charge in [0.2, 0.25) is 0 Å². The predicted molar refractivity (Wildman–Crippen MR) is 108 cm³/mol. The van der Waals surface area contributed by atoms with Crippen LogP contribution in [0.25, 0.3) is 0 Å². The fourth-order valence-electron chi connectivity index (χ4n) is 4.00. The normalized spacial score (nSPS) is 13.2. The Labute approximate surface area is 151 Å². The summed E-state index contributed by atoms with van der Waals surface area (Å²) in [7, 11) is 0. The van der Waals surface area contributed by atoms with Crippen LogP contribution in [0.15, 0.2) is 30.3 Å². The molecule has 24 heavy (non-hydrogen) atoms. The zero-order valence-corrected chi connectivity index (χ0v) is 16.5. The van der Waals surface area contributed by atoms with Crippen LogP contribution in [0, 0.1) is 5.41 Å². The molecule has 0 aromatic heterocycles. The average Bonchev–Trinajstić information content (AvgIpc) is 2.64. The van der Waals surface area contributed by atoms with E-state index < -0.39 is 0 Å². The molecule has 0 aliphatic heterocycles. The van der Waals surface area contributed by atoms with Gasteiger partial charge >= 0.3 is 0 Å². The van der Waals surface area contributed by atoms with Gasteiger partial charge in [-0.15, -0.1) is 0 Å². The standard InChI is InChI=1S/C23H41N/c1-4-7-8-9-10-11-12-13-17-20-23(5-2,6-3)22(24)21-18-15-14-16-19-21/h14-16,18-19,22H,4-13,17,20,24H2,1-3H3. The van der Waals surface area contributed by atoms with E-state index in [0.717, 1.165) is 0 Å². The van der Waals surface area contributed by atoms with Gasteiger partial charge < -0.3 is 5.73 Å². The molecule has 0 saturated carbocycles. The molecule has 1 heteroatoms. The molecule has 1 nitrogen and oxygen atoms in total. The van der Waals surface area contributed by atoms with Crippen molar-refractivity contribution >= 4 is 0 Å². The smallest absolute Gasteiger partial charge is 0.0351 e. The maximum Gasteiger partial charge on any atom is 0.0351 e. The third kappa shape index (κ3) is 6.97. The summed E-state index contributed by atoms with van der Waals surface area (Å²) >= 11 is 0. The summed E-state index contributed by atoms with van der Waals surface area (Å²) < 4.78 is 0. The predicted octanol–water partition coefficient (Wildman–Crippen LogP) is 7.41. The second-order valence-corrected chi connectivity index (χ2v) is 7.54. The van der Waals surface area contributed by atoms with Gasteiger partial charge in [-0.05, 0) is 30.2 Å². The van der Waals surface area contributed by atoms with Crippen LogP contribution in [-0.4, -0.2) is 0 Å². The van der Waals surface area contributed by atoms with E-state index in [1.54, 1.807) is 0 Å². The zero-order chi connectivity index (χ0) is 17.7. The first kappa shape index (κ1) is 21.2. The van der Waals surface area contributed by atoms with Crippen LogP contribution in [0.5, 0.6) is 0 Å². The van der Waals surface area contributed by atoms with Gasteiger partial charge in [-0.2, -0.15) is 0 Å². The summed E-state index contributed by atoms with van der Waals surface area (Å²) in [5.41, 5.74) is 8.27. The molecular formula is C23H41N. The van der Waals surface area contributed by atoms with Crippen LogP contribution in [0.3, 0.4) is 0 Å². The first-order valence-corrected chi connectivity index (χ1v) is 10.5. The van der Waals surface area contributed by atoms with Crippen molar-refractivity contribution in [1.82, 2.24) is 0 Å². The van der Waals surface area contributed by atoms with Crippen LogP contribution in [0.4, 0.5) is 0 Å². The van der Waals surface area contributed by atoms with E-state index in [2.05, 4.69) is 51.1 Å². The molecule has 1 rings (SSSR count). The molecule has 0 heterocycles. The summed E-state index contributed by atoms with van der Waals surface area (Å²) in [4.78, 5) is 0. The van der Waals surface area contributed by atoms with E-state index in [-0.39, 0.29) is 11.5 Å². The van der Waals surface area contributed by atoms with Gasteiger partial charge in [0.15, 0.2) is 0 Å². The Morgan fingerprint density at radius 2 is 1.25 bits per heavy atom. The molecule has 0 spiro atoms. The van der Waals surface area contributed by atoms with Crippen LogP contribution in [0.2, 0.25) is 0 Å². The number of unbranched alkanes of at least 4 members (excludes halogenated alkanes) is 8. The monoisotopic (exact) mass is 331 g/mol. The average molecular weight is 332 g/mol. The molecule has 0 aliphatic rings. The zero-order valence-electron chi connectivity index (χ0n) is 16.5. The van der Waals surface area contributed by atoms with E-state index in [1.807, 2.05) is 0 Å². The Bertz CT molecular complexity index is 394. The minimum absolute atomic E-state index is 0.169. The lowest BCUT2D eigenvalue weighted by Crippen LogP contribution is -2.33. The van der Waals surface area contributed by atoms with Crippen molar-refractivity contribution in [3.8, 4) is 0 Å². The Morgan fingerprint density at radius 1 is 0.750 bits per heavy atom. The van der Waals surface area contributed by atoms with E-state index in [1.165, 1.54) is 82.6 Å². The van der Waals surface area contributed by atoms with Gasteiger partial charge in [0, 0.05) is 6.04 Å². The lowest BCUT2D eigenvalue weighted by molar-refractivity contribution is 0.178. The summed E-state index contributed by atoms with van der Waals surface area (Å²) in [5.74, 6) is 0. The largest absolute Gasteiger partial charge is 0.323 e. The molecule has 2 N–H and O–H groups in total. The maximum atomic E-state index is 6.70. The molecule has 1 aromatic rings. The van der Waals surface area contributed by atoms with Gasteiger partial charge in [-0.3, -0.25) is 0 Å². The minimum atomic E-state index is 0.169. The molecular weight excluding hydrogens is 290 g/mol. The van der Waals surface area contributed by atoms with Crippen LogP contribution in [-0.2, 0) is 0 Å². The SMILES string of the molecule is CCCCCCCCCCCC(CC)(CC)C(N)c1ccccc1. The molecule has 1 unspecified atom stereocenters. The van der Waals surface area contributed by atoms with Gasteiger partial charge in [0.1, 0.15) is 0 Å². The summed E-state index contributed by atoms with van der Waals surface area (Å²) in [5, 5.41) is 0. The van der Waals surface area contributed by atoms with Gasteiger partial charge in [0.25, 0.3) is 0 Å². The third-order valence-corrected chi connectivity index (χ3v) is 6.00. The Morgan fingerprint density at radius 3 is 1.75 bits per heavy atom. The van der Waals surface area contributed by atoms with Crippen molar-refractivity contribution in [3.63, 3.8) is 0 Å². The quantitative estimate of drug-likeness (QED) is 0.353. The van der Waals surface area contributed by atoms with E-state index >= 15 is 0 Å². The van der Waals surface area contributed by atoms with Crippen molar-refractivity contribution in [2.45, 2.75) is 104 Å². The van der Waals surface area contributed by atoms with Crippen molar-refractivity contribution in [2.75, 3.05) is 0 Å². The summed E-state index contributed by atoms with van der Waals surface area (Å²) in [6.45, 7) is 6.92. The highest BCUT2D eigenvalue weighted by Gasteiger charge is 2.33. The Kier molecular flexibility index (Phi) is 11.1. The first-order valence-electron chi connectivity index (χ1n) is 10.5. The van der Waals surface area contributed by atoms with Crippen LogP contribution >= 0.6 is 0 Å². The number of rotatable bonds is 14. The van der Waals surface area contributed by atoms with Crippen molar-refractivity contribution < 1.29 is 0 Å². The van der Waals surface area contributed by atoms with Crippen molar-refractivity contribution in [3.05, 3.63) is 35.9 Å². The topological polar surface area (TPSA) is 26.0 Å². The highest BCUT2D eigenvalue weighted by molar-refractivity contribution is 5.21. The maximum absolute atomic E-state index is 6.70. The van der Waals surface area contributed by atoms with Crippen molar-refractivity contribution in [2.24, 2.45) is 11.1 Å². The van der Waals surface area contributed by atoms with Crippen molar-refractivity contribution in [1.29, 1.82) is 0 Å². The highest BCUT2D eigenvalue weighted by atomic mass is 14.7. The molecule has 0 aliphatic carbocycles. The highest BCUT2D eigenvalue weighted by Crippen LogP contribution is 2.43. The Balaban J connectivity index is 2.35. The van der Waals surface area contributed by atoms with Crippen LogP contribution in [0.1, 0.15) is 109 Å². The molecule has 0 saturated heterocycles. The molecule has 138 valence electrons. The number of hydrogen-bond donors (Lipinski definition) is 1. The van der Waals surface area contributed by atoms with E-state index in [4.69, 9.17) is 5.73 Å². The van der Waals surface area contributed by atoms with Gasteiger partial charge in [0.05, 0.1) is 0 Å². The summed E-state index contributed by atoms with van der Waals surface area (Å²) in [6.07, 6.45) is 16.2. The fraction of sp³-hybridized carbons (Fsp3) is 0.739. The molecule has 1 aromatic carbocycles. The lowest BCUT2D eigenvalue weighted by Gasteiger charge is -2.38. The number of benzene rings is 1. The second-order valence-electron chi connectivity index (χ2n) is 7.54. The summed E-state index contributed by atoms with van der Waals surface area (Å²) in [6, 6.07) is 10.9. The van der Waals surface area contributed by atoms with Crippen LogP contribution < -0.4 is 5.73 Å². The lowest BCUT2D eigenvalue weighted by atomic mass is 9.70. The number of nitrogens with two attached hydrogens (primary N) is 1. The molecule has 0 bridgehead atoms. The molecule has 0 amide bonds. The molecule has 0 radical (unpaired) electrons. The molecule has 0 fully saturated rings.